The number of benzene rings is 2. The molecular formula is C25H28N2O3. The zero-order valence-electron chi connectivity index (χ0n) is 17.8. The summed E-state index contributed by atoms with van der Waals surface area (Å²) in [6.45, 7) is 5.77. The quantitative estimate of drug-likeness (QED) is 0.463. The van der Waals surface area contributed by atoms with Gasteiger partial charge >= 0.3 is 6.09 Å². The van der Waals surface area contributed by atoms with Gasteiger partial charge in [0.1, 0.15) is 17.5 Å². The lowest BCUT2D eigenvalue weighted by molar-refractivity contribution is 0.106. The van der Waals surface area contributed by atoms with Crippen molar-refractivity contribution >= 4 is 11.8 Å². The van der Waals surface area contributed by atoms with E-state index in [1.54, 1.807) is 6.92 Å². The SMILES string of the molecule is CCC(CC)OC(=O)Nc1c(-c2ccc(-c3ccc(C4CC4)cc3)cc2)noc1C. The van der Waals surface area contributed by atoms with Crippen LogP contribution in [0.15, 0.2) is 53.1 Å². The predicted octanol–water partition coefficient (Wildman–Crippen LogP) is 6.93. The predicted molar refractivity (Wildman–Crippen MR) is 119 cm³/mol. The number of aryl methyl sites for hydroxylation is 1. The summed E-state index contributed by atoms with van der Waals surface area (Å²) in [5, 5.41) is 6.96. The molecule has 0 saturated heterocycles. The summed E-state index contributed by atoms with van der Waals surface area (Å²) in [6.07, 6.45) is 3.60. The van der Waals surface area contributed by atoms with Gasteiger partial charge in [-0.05, 0) is 55.2 Å². The van der Waals surface area contributed by atoms with E-state index in [9.17, 15) is 4.79 Å². The Morgan fingerprint density at radius 1 is 1.03 bits per heavy atom. The van der Waals surface area contributed by atoms with Gasteiger partial charge in [-0.15, -0.1) is 0 Å². The summed E-state index contributed by atoms with van der Waals surface area (Å²) >= 11 is 0. The minimum atomic E-state index is -0.483. The first-order chi connectivity index (χ1) is 14.6. The molecule has 2 aromatic carbocycles. The first-order valence-electron chi connectivity index (χ1n) is 10.7. The fourth-order valence-corrected chi connectivity index (χ4v) is 3.64. The molecule has 1 aliphatic rings. The third-order valence-corrected chi connectivity index (χ3v) is 5.73. The number of hydrogen-bond acceptors (Lipinski definition) is 4. The maximum atomic E-state index is 12.3. The third-order valence-electron chi connectivity index (χ3n) is 5.73. The number of amides is 1. The Kier molecular flexibility index (Phi) is 5.88. The molecule has 0 spiro atoms. The lowest BCUT2D eigenvalue weighted by atomic mass is 10.00. The number of hydrogen-bond donors (Lipinski definition) is 1. The number of anilines is 1. The van der Waals surface area contributed by atoms with E-state index in [4.69, 9.17) is 9.26 Å². The van der Waals surface area contributed by atoms with Gasteiger partial charge in [0.05, 0.1) is 0 Å². The van der Waals surface area contributed by atoms with E-state index >= 15 is 0 Å². The molecule has 0 unspecified atom stereocenters. The molecule has 0 atom stereocenters. The first-order valence-corrected chi connectivity index (χ1v) is 10.7. The minimum absolute atomic E-state index is 0.0980. The Labute approximate surface area is 177 Å². The van der Waals surface area contributed by atoms with Crippen LogP contribution in [0.5, 0.6) is 0 Å². The number of ether oxygens (including phenoxy) is 1. The van der Waals surface area contributed by atoms with Crippen LogP contribution in [0.1, 0.15) is 56.8 Å². The van der Waals surface area contributed by atoms with Gasteiger partial charge in [-0.25, -0.2) is 4.79 Å². The third kappa shape index (κ3) is 4.40. The summed E-state index contributed by atoms with van der Waals surface area (Å²) < 4.78 is 10.8. The van der Waals surface area contributed by atoms with Gasteiger partial charge in [0.15, 0.2) is 5.76 Å². The fraction of sp³-hybridized carbons (Fsp3) is 0.360. The number of nitrogens with one attached hydrogen (secondary N) is 1. The molecule has 156 valence electrons. The fourth-order valence-electron chi connectivity index (χ4n) is 3.64. The topological polar surface area (TPSA) is 64.4 Å². The summed E-state index contributed by atoms with van der Waals surface area (Å²) in [5.41, 5.74) is 5.79. The number of carbonyl (C=O) groups is 1. The highest BCUT2D eigenvalue weighted by Gasteiger charge is 2.23. The van der Waals surface area contributed by atoms with Gasteiger partial charge < -0.3 is 9.26 Å². The highest BCUT2D eigenvalue weighted by atomic mass is 16.6. The second-order valence-electron chi connectivity index (χ2n) is 7.90. The Morgan fingerprint density at radius 2 is 1.60 bits per heavy atom. The van der Waals surface area contributed by atoms with E-state index in [-0.39, 0.29) is 6.10 Å². The zero-order valence-corrected chi connectivity index (χ0v) is 17.8. The number of carbonyl (C=O) groups excluding carboxylic acids is 1. The van der Waals surface area contributed by atoms with Gasteiger partial charge in [-0.3, -0.25) is 5.32 Å². The molecule has 4 rings (SSSR count). The molecule has 1 fully saturated rings. The van der Waals surface area contributed by atoms with Crippen LogP contribution in [0.3, 0.4) is 0 Å². The van der Waals surface area contributed by atoms with Gasteiger partial charge in [-0.2, -0.15) is 0 Å². The van der Waals surface area contributed by atoms with Crippen molar-refractivity contribution in [3.05, 3.63) is 59.9 Å². The van der Waals surface area contributed by atoms with Crippen LogP contribution in [0.25, 0.3) is 22.4 Å². The Bertz CT molecular complexity index is 998. The lowest BCUT2D eigenvalue weighted by Crippen LogP contribution is -2.21. The molecule has 5 heteroatoms. The summed E-state index contributed by atoms with van der Waals surface area (Å²) in [7, 11) is 0. The van der Waals surface area contributed by atoms with E-state index in [2.05, 4.69) is 46.9 Å². The maximum Gasteiger partial charge on any atom is 0.412 e. The monoisotopic (exact) mass is 404 g/mol. The van der Waals surface area contributed by atoms with Crippen LogP contribution < -0.4 is 5.32 Å². The van der Waals surface area contributed by atoms with Gasteiger partial charge in [0.25, 0.3) is 0 Å². The lowest BCUT2D eigenvalue weighted by Gasteiger charge is -2.14. The molecule has 3 aromatic rings. The molecule has 1 saturated carbocycles. The average Bonchev–Trinajstić information content (AvgIpc) is 3.57. The Morgan fingerprint density at radius 3 is 2.17 bits per heavy atom. The standard InChI is InChI=1S/C25H28N2O3/c1-4-22(5-2)29-25(28)26-23-16(3)30-27-24(23)21-14-12-20(13-15-21)19-10-8-18(9-11-19)17-6-7-17/h8-15,17,22H,4-7H2,1-3H3,(H,26,28). The highest BCUT2D eigenvalue weighted by molar-refractivity contribution is 5.91. The molecule has 1 amide bonds. The molecule has 0 bridgehead atoms. The van der Waals surface area contributed by atoms with Crippen LogP contribution in [-0.2, 0) is 4.74 Å². The van der Waals surface area contributed by atoms with Crippen molar-refractivity contribution in [1.82, 2.24) is 5.16 Å². The van der Waals surface area contributed by atoms with E-state index < -0.39 is 6.09 Å². The van der Waals surface area contributed by atoms with Gasteiger partial charge in [0.2, 0.25) is 0 Å². The summed E-state index contributed by atoms with van der Waals surface area (Å²) in [4.78, 5) is 12.3. The highest BCUT2D eigenvalue weighted by Crippen LogP contribution is 2.40. The second-order valence-corrected chi connectivity index (χ2v) is 7.90. The number of aromatic nitrogens is 1. The van der Waals surface area contributed by atoms with Crippen molar-refractivity contribution < 1.29 is 14.1 Å². The van der Waals surface area contributed by atoms with Crippen molar-refractivity contribution in [2.24, 2.45) is 0 Å². The van der Waals surface area contributed by atoms with E-state index in [0.717, 1.165) is 29.9 Å². The zero-order chi connectivity index (χ0) is 21.1. The molecule has 30 heavy (non-hydrogen) atoms. The number of nitrogens with zero attached hydrogens (tertiary/aromatic N) is 1. The van der Waals surface area contributed by atoms with Gasteiger partial charge in [-0.1, -0.05) is 67.5 Å². The molecule has 1 heterocycles. The van der Waals surface area contributed by atoms with Crippen LogP contribution >= 0.6 is 0 Å². The second kappa shape index (κ2) is 8.74. The van der Waals surface area contributed by atoms with Crippen molar-refractivity contribution in [2.75, 3.05) is 5.32 Å². The van der Waals surface area contributed by atoms with Crippen LogP contribution in [-0.4, -0.2) is 17.4 Å². The van der Waals surface area contributed by atoms with Gasteiger partial charge in [0, 0.05) is 5.56 Å². The smallest absolute Gasteiger partial charge is 0.412 e. The van der Waals surface area contributed by atoms with Crippen LogP contribution in [0.2, 0.25) is 0 Å². The molecule has 5 nitrogen and oxygen atoms in total. The first kappa shape index (κ1) is 20.2. The largest absolute Gasteiger partial charge is 0.446 e. The normalized spacial score (nSPS) is 13.5. The summed E-state index contributed by atoms with van der Waals surface area (Å²) in [5.74, 6) is 1.31. The molecular weight excluding hydrogens is 376 g/mol. The van der Waals surface area contributed by atoms with E-state index in [0.29, 0.717) is 17.1 Å². The number of rotatable bonds is 7. The molecule has 0 aliphatic heterocycles. The van der Waals surface area contributed by atoms with E-state index in [1.807, 2.05) is 26.0 Å². The Hall–Kier alpha value is -3.08. The molecule has 1 aliphatic carbocycles. The minimum Gasteiger partial charge on any atom is -0.446 e. The molecule has 1 N–H and O–H groups in total. The maximum absolute atomic E-state index is 12.3. The Balaban J connectivity index is 1.51. The van der Waals surface area contributed by atoms with Crippen LogP contribution in [0, 0.1) is 6.92 Å². The van der Waals surface area contributed by atoms with Crippen molar-refractivity contribution in [3.63, 3.8) is 0 Å². The van der Waals surface area contributed by atoms with Crippen molar-refractivity contribution in [3.8, 4) is 22.4 Å². The molecule has 1 aromatic heterocycles. The average molecular weight is 405 g/mol. The molecule has 0 radical (unpaired) electrons. The van der Waals surface area contributed by atoms with Crippen molar-refractivity contribution in [2.45, 2.75) is 58.5 Å². The van der Waals surface area contributed by atoms with E-state index in [1.165, 1.54) is 24.0 Å². The van der Waals surface area contributed by atoms with Crippen molar-refractivity contribution in [1.29, 1.82) is 0 Å². The van der Waals surface area contributed by atoms with Crippen LogP contribution in [0.4, 0.5) is 10.5 Å². The summed E-state index contributed by atoms with van der Waals surface area (Å²) in [6, 6.07) is 17.0.